The zero-order chi connectivity index (χ0) is 36.4. The molecule has 9 heteroatoms. The number of rotatable bonds is 4. The van der Waals surface area contributed by atoms with Crippen LogP contribution in [-0.2, 0) is 10.2 Å². The number of aromatic amines is 1. The van der Waals surface area contributed by atoms with E-state index >= 15 is 0 Å². The van der Waals surface area contributed by atoms with Crippen molar-refractivity contribution in [3.63, 3.8) is 0 Å². The van der Waals surface area contributed by atoms with Gasteiger partial charge in [0, 0.05) is 33.4 Å². The van der Waals surface area contributed by atoms with Crippen molar-refractivity contribution in [1.29, 1.82) is 0 Å². The van der Waals surface area contributed by atoms with E-state index in [0.29, 0.717) is 0 Å². The number of para-hydroxylation sites is 1. The van der Waals surface area contributed by atoms with Gasteiger partial charge in [0.2, 0.25) is 0 Å². The normalized spacial score (nSPS) is 12.0. The summed E-state index contributed by atoms with van der Waals surface area (Å²) < 4.78 is 20.8. The smallest absolute Gasteiger partial charge is 0.271 e. The Morgan fingerprint density at radius 3 is 1.47 bits per heavy atom. The van der Waals surface area contributed by atoms with Gasteiger partial charge in [0.1, 0.15) is 0 Å². The van der Waals surface area contributed by atoms with Gasteiger partial charge in [-0.3, -0.25) is 0 Å². The number of fused-ring (bicyclic) bond motifs is 8. The van der Waals surface area contributed by atoms with Gasteiger partial charge in [0.15, 0.2) is 0 Å². The van der Waals surface area contributed by atoms with Crippen molar-refractivity contribution in [3.05, 3.63) is 174 Å². The number of nitrogens with zero attached hydrogens (tertiary/aromatic N) is 3. The Hall–Kier alpha value is -6.65. The van der Waals surface area contributed by atoms with Crippen LogP contribution in [0.3, 0.4) is 0 Å². The van der Waals surface area contributed by atoms with E-state index in [1.54, 1.807) is 0 Å². The molecule has 0 saturated heterocycles. The summed E-state index contributed by atoms with van der Waals surface area (Å²) >= 11 is 0. The summed E-state index contributed by atoms with van der Waals surface area (Å²) in [6.07, 6.45) is 8.44. The second-order valence-corrected chi connectivity index (χ2v) is 13.7. The van der Waals surface area contributed by atoms with E-state index in [9.17, 15) is 8.42 Å². The standard InChI is InChI=1S/C44H30N4.H4N2O2S/c1-5-13-30(14-6-1)41-39-26-25-36(47-39)28-35-22-21-33(45-35)27-34-23-24-37(46-34)29-40-42(31-15-7-2-8-16-31)43(32-17-9-3-10-18-32)44(41)48(40)38-19-11-4-12-20-38;1-5(2,3)4/h1-29,45H;(H4,1,2,3,4). The molecular formula is C44H34N6O2S. The molecule has 7 aromatic rings. The maximum atomic E-state index is 9.19. The van der Waals surface area contributed by atoms with E-state index in [-0.39, 0.29) is 0 Å². The van der Waals surface area contributed by atoms with Crippen molar-refractivity contribution >= 4 is 56.6 Å². The maximum absolute atomic E-state index is 9.19. The Morgan fingerprint density at radius 2 is 0.925 bits per heavy atom. The highest BCUT2D eigenvalue weighted by atomic mass is 32.2. The molecule has 53 heavy (non-hydrogen) atoms. The molecule has 0 aliphatic carbocycles. The van der Waals surface area contributed by atoms with Crippen LogP contribution in [0.4, 0.5) is 0 Å². The summed E-state index contributed by atoms with van der Waals surface area (Å²) in [5, 5.41) is 8.21. The van der Waals surface area contributed by atoms with Crippen LogP contribution < -0.4 is 10.3 Å². The van der Waals surface area contributed by atoms with E-state index in [0.717, 1.165) is 83.9 Å². The summed E-state index contributed by atoms with van der Waals surface area (Å²) in [6.45, 7) is 0. The molecule has 0 fully saturated rings. The molecule has 9 rings (SSSR count). The molecule has 0 radical (unpaired) electrons. The lowest BCUT2D eigenvalue weighted by atomic mass is 9.93. The molecule has 2 aliphatic rings. The van der Waals surface area contributed by atoms with Gasteiger partial charge in [0.25, 0.3) is 10.2 Å². The van der Waals surface area contributed by atoms with Gasteiger partial charge >= 0.3 is 0 Å². The number of hydrogen-bond donors (Lipinski definition) is 3. The highest BCUT2D eigenvalue weighted by Gasteiger charge is 2.25. The van der Waals surface area contributed by atoms with Crippen molar-refractivity contribution in [3.8, 4) is 39.1 Å². The number of H-pyrrole nitrogens is 1. The Kier molecular flexibility index (Phi) is 8.95. The molecule has 8 nitrogen and oxygen atoms in total. The zero-order valence-corrected chi connectivity index (χ0v) is 29.3. The minimum Gasteiger partial charge on any atom is -0.355 e. The minimum absolute atomic E-state index is 0.889. The lowest BCUT2D eigenvalue weighted by Gasteiger charge is -2.13. The summed E-state index contributed by atoms with van der Waals surface area (Å²) in [5.74, 6) is 0. The third kappa shape index (κ3) is 7.26. The van der Waals surface area contributed by atoms with Crippen molar-refractivity contribution in [2.45, 2.75) is 0 Å². The summed E-state index contributed by atoms with van der Waals surface area (Å²) in [6, 6.07) is 53.3. The molecular weight excluding hydrogens is 677 g/mol. The fourth-order valence-corrected chi connectivity index (χ4v) is 6.81. The van der Waals surface area contributed by atoms with Crippen molar-refractivity contribution in [1.82, 2.24) is 19.5 Å². The molecule has 258 valence electrons. The molecule has 0 saturated carbocycles. The number of aromatic nitrogens is 4. The van der Waals surface area contributed by atoms with Crippen LogP contribution in [0.25, 0.3) is 85.4 Å². The summed E-state index contributed by atoms with van der Waals surface area (Å²) in [5.41, 5.74) is 15.4. The number of nitrogens with two attached hydrogens (primary N) is 2. The van der Waals surface area contributed by atoms with Crippen molar-refractivity contribution < 1.29 is 8.42 Å². The van der Waals surface area contributed by atoms with E-state index in [1.807, 2.05) is 0 Å². The van der Waals surface area contributed by atoms with Crippen LogP contribution in [0.1, 0.15) is 22.8 Å². The van der Waals surface area contributed by atoms with Crippen LogP contribution in [0.5, 0.6) is 0 Å². The van der Waals surface area contributed by atoms with Crippen LogP contribution in [0.2, 0.25) is 0 Å². The first-order valence-electron chi connectivity index (χ1n) is 17.0. The van der Waals surface area contributed by atoms with E-state index < -0.39 is 10.2 Å². The minimum atomic E-state index is -3.67. The zero-order valence-electron chi connectivity index (χ0n) is 28.5. The van der Waals surface area contributed by atoms with Gasteiger partial charge in [-0.05, 0) is 83.5 Å². The Bertz CT molecular complexity index is 2780. The van der Waals surface area contributed by atoms with Gasteiger partial charge < -0.3 is 9.55 Å². The average Bonchev–Trinajstić information content (AvgIpc) is 3.97. The predicted molar refractivity (Wildman–Crippen MR) is 217 cm³/mol. The van der Waals surface area contributed by atoms with Crippen LogP contribution in [0, 0.1) is 0 Å². The molecule has 5 N–H and O–H groups in total. The van der Waals surface area contributed by atoms with E-state index in [2.05, 4.69) is 196 Å². The first-order valence-corrected chi connectivity index (χ1v) is 18.6. The molecule has 8 bridgehead atoms. The third-order valence-corrected chi connectivity index (χ3v) is 8.87. The first kappa shape index (κ1) is 33.5. The fraction of sp³-hybridized carbons (Fsp3) is 0. The average molecular weight is 711 g/mol. The van der Waals surface area contributed by atoms with Crippen LogP contribution >= 0.6 is 0 Å². The van der Waals surface area contributed by atoms with E-state index in [1.165, 1.54) is 0 Å². The molecule has 0 atom stereocenters. The van der Waals surface area contributed by atoms with Gasteiger partial charge in [0.05, 0.1) is 33.8 Å². The lowest BCUT2D eigenvalue weighted by molar-refractivity contribution is 0.599. The molecule has 0 unspecified atom stereocenters. The molecule has 5 heterocycles. The second kappa shape index (κ2) is 14.2. The quantitative estimate of drug-likeness (QED) is 0.168. The lowest BCUT2D eigenvalue weighted by Crippen LogP contribution is -2.21. The fourth-order valence-electron chi connectivity index (χ4n) is 6.81. The molecule has 0 spiro atoms. The Labute approximate surface area is 307 Å². The van der Waals surface area contributed by atoms with Crippen LogP contribution in [-0.4, -0.2) is 27.9 Å². The number of nitrogens with one attached hydrogen (secondary N) is 1. The molecule has 4 aromatic carbocycles. The monoisotopic (exact) mass is 710 g/mol. The van der Waals surface area contributed by atoms with Gasteiger partial charge in [-0.15, -0.1) is 0 Å². The van der Waals surface area contributed by atoms with Crippen molar-refractivity contribution in [2.24, 2.45) is 10.3 Å². The molecule has 3 aromatic heterocycles. The Morgan fingerprint density at radius 1 is 0.491 bits per heavy atom. The predicted octanol–water partition coefficient (Wildman–Crippen LogP) is 9.27. The maximum Gasteiger partial charge on any atom is 0.271 e. The summed E-state index contributed by atoms with van der Waals surface area (Å²) in [7, 11) is -3.67. The van der Waals surface area contributed by atoms with Crippen LogP contribution in [0.15, 0.2) is 152 Å². The number of hydrogen-bond acceptors (Lipinski definition) is 4. The van der Waals surface area contributed by atoms with E-state index in [4.69, 9.17) is 9.97 Å². The van der Waals surface area contributed by atoms with Gasteiger partial charge in [-0.25, -0.2) is 20.2 Å². The summed E-state index contributed by atoms with van der Waals surface area (Å²) in [4.78, 5) is 13.9. The molecule has 0 amide bonds. The first-order chi connectivity index (χ1) is 25.8. The SMILES string of the molecule is C1=Cc2cc3c(-c4ccccc4)c(-c4ccccc4)c(c(-c4ccccc4)c4nc(cc5ccc(cc1n2)[nH]5)C=C4)n3-c1ccccc1.NS(N)(=O)=O. The highest BCUT2D eigenvalue weighted by molar-refractivity contribution is 7.86. The van der Waals surface area contributed by atoms with Gasteiger partial charge in [-0.2, -0.15) is 8.42 Å². The molecule has 2 aliphatic heterocycles. The highest BCUT2D eigenvalue weighted by Crippen LogP contribution is 2.47. The second-order valence-electron chi connectivity index (χ2n) is 12.6. The third-order valence-electron chi connectivity index (χ3n) is 8.87. The van der Waals surface area contributed by atoms with Gasteiger partial charge in [-0.1, -0.05) is 109 Å². The Balaban J connectivity index is 0.000000752. The largest absolute Gasteiger partial charge is 0.355 e. The number of benzene rings is 4. The van der Waals surface area contributed by atoms with Crippen molar-refractivity contribution in [2.75, 3.05) is 0 Å². The topological polar surface area (TPSA) is 133 Å².